The Morgan fingerprint density at radius 3 is 2.06 bits per heavy atom. The van der Waals surface area contributed by atoms with E-state index in [-0.39, 0.29) is 5.91 Å². The van der Waals surface area contributed by atoms with Crippen molar-refractivity contribution in [2.45, 2.75) is 27.3 Å². The Bertz CT molecular complexity index is 1330. The highest BCUT2D eigenvalue weighted by Crippen LogP contribution is 2.25. The molecule has 0 atom stereocenters. The van der Waals surface area contributed by atoms with Crippen molar-refractivity contribution in [2.75, 3.05) is 26.2 Å². The number of carbonyl (C=O) groups excluding carboxylic acids is 1. The first-order valence-electron chi connectivity index (χ1n) is 12.7. The fourth-order valence-electron chi connectivity index (χ4n) is 4.90. The molecule has 1 saturated heterocycles. The third kappa shape index (κ3) is 5.24. The molecule has 4 heteroatoms. The third-order valence-electron chi connectivity index (χ3n) is 7.35. The normalized spacial score (nSPS) is 14.1. The van der Waals surface area contributed by atoms with Crippen molar-refractivity contribution in [3.8, 4) is 22.4 Å². The van der Waals surface area contributed by atoms with E-state index in [1.165, 1.54) is 27.8 Å². The lowest BCUT2D eigenvalue weighted by molar-refractivity contribution is 0.0628. The summed E-state index contributed by atoms with van der Waals surface area (Å²) in [6.45, 7) is 10.6. The number of pyridine rings is 1. The van der Waals surface area contributed by atoms with Crippen molar-refractivity contribution >= 4 is 5.91 Å². The molecule has 1 amide bonds. The minimum Gasteiger partial charge on any atom is -0.336 e. The van der Waals surface area contributed by atoms with Crippen molar-refractivity contribution < 1.29 is 4.79 Å². The van der Waals surface area contributed by atoms with Crippen LogP contribution in [0.15, 0.2) is 85.1 Å². The van der Waals surface area contributed by atoms with Gasteiger partial charge in [-0.25, -0.2) is 0 Å². The predicted octanol–water partition coefficient (Wildman–Crippen LogP) is 6.30. The molecule has 3 aromatic carbocycles. The van der Waals surface area contributed by atoms with E-state index >= 15 is 0 Å². The standard InChI is InChI=1S/C32H33N3O/c1-23-19-30(20-24(2)25(23)3)31-21-26(13-14-33-31)22-34-15-17-35(18-16-34)32(36)29-11-9-28(10-12-29)27-7-5-4-6-8-27/h4-14,19-21H,15-18,22H2,1-3H3. The van der Waals surface area contributed by atoms with Crippen LogP contribution >= 0.6 is 0 Å². The molecule has 1 fully saturated rings. The highest BCUT2D eigenvalue weighted by Gasteiger charge is 2.22. The summed E-state index contributed by atoms with van der Waals surface area (Å²) in [6.07, 6.45) is 1.91. The average Bonchev–Trinajstić information content (AvgIpc) is 2.92. The summed E-state index contributed by atoms with van der Waals surface area (Å²) in [6, 6.07) is 27.0. The molecule has 1 aromatic heterocycles. The molecule has 0 unspecified atom stereocenters. The van der Waals surface area contributed by atoms with Crippen LogP contribution in [0, 0.1) is 20.8 Å². The van der Waals surface area contributed by atoms with Gasteiger partial charge >= 0.3 is 0 Å². The van der Waals surface area contributed by atoms with Gasteiger partial charge in [0.1, 0.15) is 0 Å². The van der Waals surface area contributed by atoms with Crippen molar-refractivity contribution in [1.82, 2.24) is 14.8 Å². The molecule has 0 aliphatic carbocycles. The summed E-state index contributed by atoms with van der Waals surface area (Å²) >= 11 is 0. The van der Waals surface area contributed by atoms with Crippen molar-refractivity contribution in [3.05, 3.63) is 113 Å². The zero-order chi connectivity index (χ0) is 25.1. The zero-order valence-corrected chi connectivity index (χ0v) is 21.4. The second-order valence-electron chi connectivity index (χ2n) is 9.80. The number of hydrogen-bond acceptors (Lipinski definition) is 3. The number of rotatable bonds is 5. The third-order valence-corrected chi connectivity index (χ3v) is 7.35. The average molecular weight is 476 g/mol. The molecule has 0 N–H and O–H groups in total. The van der Waals surface area contributed by atoms with E-state index in [0.29, 0.717) is 0 Å². The van der Waals surface area contributed by atoms with E-state index in [1.807, 2.05) is 53.6 Å². The van der Waals surface area contributed by atoms with Gasteiger partial charge in [0.15, 0.2) is 0 Å². The summed E-state index contributed by atoms with van der Waals surface area (Å²) in [5.41, 5.74) is 10.4. The largest absolute Gasteiger partial charge is 0.336 e. The van der Waals surface area contributed by atoms with Crippen molar-refractivity contribution in [2.24, 2.45) is 0 Å². The molecule has 1 aliphatic heterocycles. The molecule has 182 valence electrons. The Morgan fingerprint density at radius 2 is 1.39 bits per heavy atom. The maximum atomic E-state index is 13.1. The van der Waals surface area contributed by atoms with Gasteiger partial charge in [0.2, 0.25) is 0 Å². The molecule has 2 heterocycles. The number of hydrogen-bond donors (Lipinski definition) is 0. The minimum absolute atomic E-state index is 0.116. The number of piperazine rings is 1. The summed E-state index contributed by atoms with van der Waals surface area (Å²) in [7, 11) is 0. The fourth-order valence-corrected chi connectivity index (χ4v) is 4.90. The zero-order valence-electron chi connectivity index (χ0n) is 21.4. The Labute approximate surface area is 214 Å². The second-order valence-corrected chi connectivity index (χ2v) is 9.80. The van der Waals surface area contributed by atoms with Crippen LogP contribution in [0.4, 0.5) is 0 Å². The molecule has 36 heavy (non-hydrogen) atoms. The van der Waals surface area contributed by atoms with E-state index in [2.05, 4.69) is 67.1 Å². The molecule has 4 aromatic rings. The molecule has 1 aliphatic rings. The van der Waals surface area contributed by atoms with E-state index < -0.39 is 0 Å². The number of nitrogens with zero attached hydrogens (tertiary/aromatic N) is 3. The van der Waals surface area contributed by atoms with Crippen LogP contribution in [0.5, 0.6) is 0 Å². The molecule has 5 rings (SSSR count). The Balaban J connectivity index is 1.19. The van der Waals surface area contributed by atoms with Crippen molar-refractivity contribution in [1.29, 1.82) is 0 Å². The van der Waals surface area contributed by atoms with Crippen LogP contribution in [0.3, 0.4) is 0 Å². The topological polar surface area (TPSA) is 36.4 Å². The van der Waals surface area contributed by atoms with Gasteiger partial charge in [-0.3, -0.25) is 14.7 Å². The van der Waals surface area contributed by atoms with E-state index in [9.17, 15) is 4.79 Å². The first-order chi connectivity index (χ1) is 17.5. The number of carbonyl (C=O) groups is 1. The molecule has 0 radical (unpaired) electrons. The number of aromatic nitrogens is 1. The summed E-state index contributed by atoms with van der Waals surface area (Å²) in [5, 5.41) is 0. The van der Waals surface area contributed by atoms with Gasteiger partial charge in [0.05, 0.1) is 5.69 Å². The summed E-state index contributed by atoms with van der Waals surface area (Å²) in [5.74, 6) is 0.116. The van der Waals surface area contributed by atoms with Crippen molar-refractivity contribution in [3.63, 3.8) is 0 Å². The monoisotopic (exact) mass is 475 g/mol. The van der Waals surface area contributed by atoms with Gasteiger partial charge in [-0.05, 0) is 90.6 Å². The lowest BCUT2D eigenvalue weighted by Crippen LogP contribution is -2.48. The molecule has 0 spiro atoms. The van der Waals surface area contributed by atoms with E-state index in [0.717, 1.165) is 55.1 Å². The van der Waals surface area contributed by atoms with Gasteiger partial charge in [0, 0.05) is 50.0 Å². The lowest BCUT2D eigenvalue weighted by Gasteiger charge is -2.34. The summed E-state index contributed by atoms with van der Waals surface area (Å²) < 4.78 is 0. The highest BCUT2D eigenvalue weighted by atomic mass is 16.2. The van der Waals surface area contributed by atoms with Gasteiger partial charge in [-0.15, -0.1) is 0 Å². The smallest absolute Gasteiger partial charge is 0.253 e. The summed E-state index contributed by atoms with van der Waals surface area (Å²) in [4.78, 5) is 22.1. The quantitative estimate of drug-likeness (QED) is 0.340. The first-order valence-corrected chi connectivity index (χ1v) is 12.7. The Kier molecular flexibility index (Phi) is 6.97. The molecule has 0 saturated carbocycles. The molecular formula is C32H33N3O. The predicted molar refractivity (Wildman–Crippen MR) is 147 cm³/mol. The van der Waals surface area contributed by atoms with E-state index in [1.54, 1.807) is 0 Å². The van der Waals surface area contributed by atoms with Crippen LogP contribution in [0.2, 0.25) is 0 Å². The van der Waals surface area contributed by atoms with Crippen LogP contribution in [0.25, 0.3) is 22.4 Å². The van der Waals surface area contributed by atoms with Crippen LogP contribution < -0.4 is 0 Å². The molecular weight excluding hydrogens is 442 g/mol. The van der Waals surface area contributed by atoms with Crippen LogP contribution in [-0.4, -0.2) is 46.9 Å². The van der Waals surface area contributed by atoms with Crippen LogP contribution in [0.1, 0.15) is 32.6 Å². The van der Waals surface area contributed by atoms with Gasteiger partial charge in [-0.1, -0.05) is 42.5 Å². The number of benzene rings is 3. The van der Waals surface area contributed by atoms with Gasteiger partial charge in [0.25, 0.3) is 5.91 Å². The van der Waals surface area contributed by atoms with Gasteiger partial charge < -0.3 is 4.90 Å². The van der Waals surface area contributed by atoms with E-state index in [4.69, 9.17) is 0 Å². The van der Waals surface area contributed by atoms with Crippen LogP contribution in [-0.2, 0) is 6.54 Å². The lowest BCUT2D eigenvalue weighted by atomic mass is 9.98. The first kappa shape index (κ1) is 24.0. The van der Waals surface area contributed by atoms with Gasteiger partial charge in [-0.2, -0.15) is 0 Å². The minimum atomic E-state index is 0.116. The number of aryl methyl sites for hydroxylation is 2. The fraction of sp³-hybridized carbons (Fsp3) is 0.250. The second kappa shape index (κ2) is 10.5. The maximum absolute atomic E-state index is 13.1. The molecule has 0 bridgehead atoms. The highest BCUT2D eigenvalue weighted by molar-refractivity contribution is 5.94. The number of amides is 1. The molecule has 4 nitrogen and oxygen atoms in total. The SMILES string of the molecule is Cc1cc(-c2cc(CN3CCN(C(=O)c4ccc(-c5ccccc5)cc4)CC3)ccn2)cc(C)c1C. The Morgan fingerprint density at radius 1 is 0.750 bits per heavy atom. The Hall–Kier alpha value is -3.76. The maximum Gasteiger partial charge on any atom is 0.253 e.